The van der Waals surface area contributed by atoms with E-state index >= 15 is 0 Å². The summed E-state index contributed by atoms with van der Waals surface area (Å²) in [5, 5.41) is 0. The Morgan fingerprint density at radius 3 is 2.37 bits per heavy atom. The first-order valence-electron chi connectivity index (χ1n) is 6.31. The standard InChI is InChI=1S/C16H19NO2/c1-12(17)13-7-9-15(10-8-13)19-11-14-5-3-4-6-16(14)18-2/h3-10,12H,11,17H2,1-2H3/t12-/m1/s1. The van der Waals surface area contributed by atoms with Crippen LogP contribution in [0.3, 0.4) is 0 Å². The van der Waals surface area contributed by atoms with Crippen molar-refractivity contribution in [2.45, 2.75) is 19.6 Å². The molecule has 2 aromatic rings. The maximum absolute atomic E-state index is 5.81. The molecule has 0 fully saturated rings. The van der Waals surface area contributed by atoms with Crippen molar-refractivity contribution >= 4 is 0 Å². The molecular weight excluding hydrogens is 238 g/mol. The largest absolute Gasteiger partial charge is 0.496 e. The van der Waals surface area contributed by atoms with Gasteiger partial charge in [0.25, 0.3) is 0 Å². The number of methoxy groups -OCH3 is 1. The lowest BCUT2D eigenvalue weighted by molar-refractivity contribution is 0.296. The highest BCUT2D eigenvalue weighted by Gasteiger charge is 2.03. The minimum Gasteiger partial charge on any atom is -0.496 e. The molecule has 2 aromatic carbocycles. The Labute approximate surface area is 114 Å². The number of benzene rings is 2. The van der Waals surface area contributed by atoms with Gasteiger partial charge in [0.2, 0.25) is 0 Å². The molecule has 0 aliphatic rings. The molecule has 3 nitrogen and oxygen atoms in total. The molecule has 0 bridgehead atoms. The van der Waals surface area contributed by atoms with Crippen molar-refractivity contribution in [1.29, 1.82) is 0 Å². The average molecular weight is 257 g/mol. The lowest BCUT2D eigenvalue weighted by atomic mass is 10.1. The highest BCUT2D eigenvalue weighted by molar-refractivity contribution is 5.34. The lowest BCUT2D eigenvalue weighted by Gasteiger charge is -2.11. The number of hydrogen-bond donors (Lipinski definition) is 1. The molecule has 0 radical (unpaired) electrons. The molecule has 0 aromatic heterocycles. The second-order valence-electron chi connectivity index (χ2n) is 4.46. The molecule has 0 heterocycles. The molecule has 2 N–H and O–H groups in total. The molecule has 3 heteroatoms. The van der Waals surface area contributed by atoms with Gasteiger partial charge in [-0.2, -0.15) is 0 Å². The number of nitrogens with two attached hydrogens (primary N) is 1. The van der Waals surface area contributed by atoms with Crippen LogP contribution in [0.5, 0.6) is 11.5 Å². The van der Waals surface area contributed by atoms with E-state index in [1.165, 1.54) is 0 Å². The molecule has 2 rings (SSSR count). The van der Waals surface area contributed by atoms with E-state index in [0.29, 0.717) is 6.61 Å². The molecule has 0 unspecified atom stereocenters. The van der Waals surface area contributed by atoms with Gasteiger partial charge >= 0.3 is 0 Å². The van der Waals surface area contributed by atoms with Gasteiger partial charge in [0.1, 0.15) is 18.1 Å². The van der Waals surface area contributed by atoms with Gasteiger partial charge in [-0.05, 0) is 30.7 Å². The smallest absolute Gasteiger partial charge is 0.125 e. The van der Waals surface area contributed by atoms with Crippen LogP contribution < -0.4 is 15.2 Å². The van der Waals surface area contributed by atoms with Crippen LogP contribution in [0.4, 0.5) is 0 Å². The maximum Gasteiger partial charge on any atom is 0.125 e. The van der Waals surface area contributed by atoms with E-state index in [0.717, 1.165) is 22.6 Å². The third kappa shape index (κ3) is 3.48. The van der Waals surface area contributed by atoms with E-state index < -0.39 is 0 Å². The molecule has 0 aliphatic heterocycles. The Balaban J connectivity index is 2.02. The van der Waals surface area contributed by atoms with Crippen LogP contribution in [-0.4, -0.2) is 7.11 Å². The van der Waals surface area contributed by atoms with Gasteiger partial charge in [-0.25, -0.2) is 0 Å². The first kappa shape index (κ1) is 13.4. The van der Waals surface area contributed by atoms with Crippen LogP contribution in [0.1, 0.15) is 24.1 Å². The van der Waals surface area contributed by atoms with E-state index in [9.17, 15) is 0 Å². The Morgan fingerprint density at radius 2 is 1.74 bits per heavy atom. The fourth-order valence-corrected chi connectivity index (χ4v) is 1.85. The zero-order valence-electron chi connectivity index (χ0n) is 11.3. The number of rotatable bonds is 5. The highest BCUT2D eigenvalue weighted by atomic mass is 16.5. The van der Waals surface area contributed by atoms with Crippen LogP contribution in [-0.2, 0) is 6.61 Å². The molecule has 0 saturated carbocycles. The normalized spacial score (nSPS) is 11.9. The summed E-state index contributed by atoms with van der Waals surface area (Å²) in [6.45, 7) is 2.45. The minimum absolute atomic E-state index is 0.0447. The Kier molecular flexibility index (Phi) is 4.42. The van der Waals surface area contributed by atoms with Gasteiger partial charge in [-0.3, -0.25) is 0 Å². The van der Waals surface area contributed by atoms with Crippen molar-refractivity contribution < 1.29 is 9.47 Å². The van der Waals surface area contributed by atoms with Gasteiger partial charge in [0.05, 0.1) is 7.11 Å². The van der Waals surface area contributed by atoms with Crippen LogP contribution in [0.15, 0.2) is 48.5 Å². The summed E-state index contributed by atoms with van der Waals surface area (Å²) in [7, 11) is 1.66. The van der Waals surface area contributed by atoms with Gasteiger partial charge in [-0.15, -0.1) is 0 Å². The van der Waals surface area contributed by atoms with Crippen molar-refractivity contribution in [2.75, 3.05) is 7.11 Å². The monoisotopic (exact) mass is 257 g/mol. The van der Waals surface area contributed by atoms with Crippen LogP contribution >= 0.6 is 0 Å². The number of para-hydroxylation sites is 1. The second kappa shape index (κ2) is 6.25. The lowest BCUT2D eigenvalue weighted by Crippen LogP contribution is -2.04. The quantitative estimate of drug-likeness (QED) is 0.893. The summed E-state index contributed by atoms with van der Waals surface area (Å²) < 4.78 is 11.0. The maximum atomic E-state index is 5.81. The zero-order chi connectivity index (χ0) is 13.7. The first-order valence-corrected chi connectivity index (χ1v) is 6.31. The first-order chi connectivity index (χ1) is 9.20. The van der Waals surface area contributed by atoms with E-state index in [2.05, 4.69) is 0 Å². The summed E-state index contributed by atoms with van der Waals surface area (Å²) in [5.41, 5.74) is 7.94. The molecule has 0 spiro atoms. The second-order valence-corrected chi connectivity index (χ2v) is 4.46. The van der Waals surface area contributed by atoms with E-state index in [1.54, 1.807) is 7.11 Å². The number of ether oxygens (including phenoxy) is 2. The van der Waals surface area contributed by atoms with Crippen molar-refractivity contribution in [2.24, 2.45) is 5.73 Å². The Bertz CT molecular complexity index is 521. The fraction of sp³-hybridized carbons (Fsp3) is 0.250. The molecule has 0 amide bonds. The van der Waals surface area contributed by atoms with Crippen molar-refractivity contribution in [1.82, 2.24) is 0 Å². The van der Waals surface area contributed by atoms with Crippen LogP contribution in [0.25, 0.3) is 0 Å². The van der Waals surface area contributed by atoms with Gasteiger partial charge in [0.15, 0.2) is 0 Å². The van der Waals surface area contributed by atoms with Crippen molar-refractivity contribution in [3.63, 3.8) is 0 Å². The highest BCUT2D eigenvalue weighted by Crippen LogP contribution is 2.21. The van der Waals surface area contributed by atoms with Crippen molar-refractivity contribution in [3.8, 4) is 11.5 Å². The zero-order valence-corrected chi connectivity index (χ0v) is 11.3. The minimum atomic E-state index is 0.0447. The number of hydrogen-bond acceptors (Lipinski definition) is 3. The summed E-state index contributed by atoms with van der Waals surface area (Å²) in [4.78, 5) is 0. The van der Waals surface area contributed by atoms with E-state index in [4.69, 9.17) is 15.2 Å². The summed E-state index contributed by atoms with van der Waals surface area (Å²) in [6, 6.07) is 15.7. The Morgan fingerprint density at radius 1 is 1.05 bits per heavy atom. The third-order valence-corrected chi connectivity index (χ3v) is 2.99. The molecule has 1 atom stereocenters. The SMILES string of the molecule is COc1ccccc1COc1ccc([C@@H](C)N)cc1. The van der Waals surface area contributed by atoms with Crippen LogP contribution in [0, 0.1) is 0 Å². The Hall–Kier alpha value is -2.00. The third-order valence-electron chi connectivity index (χ3n) is 2.99. The van der Waals surface area contributed by atoms with Gasteiger partial charge < -0.3 is 15.2 Å². The summed E-state index contributed by atoms with van der Waals surface area (Å²) in [5.74, 6) is 1.67. The van der Waals surface area contributed by atoms with Crippen molar-refractivity contribution in [3.05, 3.63) is 59.7 Å². The van der Waals surface area contributed by atoms with E-state index in [1.807, 2.05) is 55.5 Å². The molecular formula is C16H19NO2. The van der Waals surface area contributed by atoms with E-state index in [-0.39, 0.29) is 6.04 Å². The molecule has 0 aliphatic carbocycles. The molecule has 19 heavy (non-hydrogen) atoms. The summed E-state index contributed by atoms with van der Waals surface area (Å²) in [6.07, 6.45) is 0. The predicted molar refractivity (Wildman–Crippen MR) is 76.4 cm³/mol. The van der Waals surface area contributed by atoms with Crippen LogP contribution in [0.2, 0.25) is 0 Å². The average Bonchev–Trinajstić information content (AvgIpc) is 2.45. The predicted octanol–water partition coefficient (Wildman–Crippen LogP) is 3.29. The van der Waals surface area contributed by atoms with Gasteiger partial charge in [0, 0.05) is 11.6 Å². The van der Waals surface area contributed by atoms with Gasteiger partial charge in [-0.1, -0.05) is 30.3 Å². The summed E-state index contributed by atoms with van der Waals surface area (Å²) >= 11 is 0. The topological polar surface area (TPSA) is 44.5 Å². The fourth-order valence-electron chi connectivity index (χ4n) is 1.85. The molecule has 0 saturated heterocycles. The molecule has 100 valence electrons.